The molecule has 42 heavy (non-hydrogen) atoms. The summed E-state index contributed by atoms with van der Waals surface area (Å²) in [7, 11) is 1.19. The predicted octanol–water partition coefficient (Wildman–Crippen LogP) is 5.02. The molecular weight excluding hydrogens is 573 g/mol. The summed E-state index contributed by atoms with van der Waals surface area (Å²) in [6, 6.07) is 3.84. The standard InChI is InChI=1S/C28H31F3N6O4S/c1-16-5-8-36(14-16)15-22-24(18-3-4-21(41-2)19(11-18)28(29,30)31)34-27(42-22)35-25(38)20-12-33-23(13-32-20)37-9-6-17(7-10-37)26(39)40/h3-4,11-13,16-17H,5-10,14-15H2,1-2H3,(H,39,40)(H,34,35,38)/t16-/m1/s1. The first kappa shape index (κ1) is 29.7. The van der Waals surface area contributed by atoms with Crippen LogP contribution in [0, 0.1) is 11.8 Å². The van der Waals surface area contributed by atoms with Crippen molar-refractivity contribution in [2.45, 2.75) is 38.9 Å². The lowest BCUT2D eigenvalue weighted by molar-refractivity contribution is -0.142. The van der Waals surface area contributed by atoms with Gasteiger partial charge in [0.2, 0.25) is 0 Å². The molecule has 2 saturated heterocycles. The number of methoxy groups -OCH3 is 1. The first-order chi connectivity index (χ1) is 20.0. The number of alkyl halides is 3. The average molecular weight is 605 g/mol. The fraction of sp³-hybridized carbons (Fsp3) is 0.464. The highest BCUT2D eigenvalue weighted by Gasteiger charge is 2.35. The van der Waals surface area contributed by atoms with Gasteiger partial charge in [0.1, 0.15) is 17.3 Å². The van der Waals surface area contributed by atoms with E-state index in [4.69, 9.17) is 4.74 Å². The van der Waals surface area contributed by atoms with Crippen LogP contribution in [0.15, 0.2) is 30.6 Å². The van der Waals surface area contributed by atoms with E-state index in [0.29, 0.717) is 49.9 Å². The van der Waals surface area contributed by atoms with Crippen LogP contribution in [0.4, 0.5) is 24.1 Å². The Balaban J connectivity index is 1.36. The van der Waals surface area contributed by atoms with Crippen molar-refractivity contribution >= 4 is 34.2 Å². The molecule has 2 aliphatic rings. The Morgan fingerprint density at radius 1 is 1.14 bits per heavy atom. The number of anilines is 2. The molecule has 0 aliphatic carbocycles. The summed E-state index contributed by atoms with van der Waals surface area (Å²) in [5.41, 5.74) is -0.203. The number of hydrogen-bond acceptors (Lipinski definition) is 9. The normalized spacial score (nSPS) is 18.3. The molecule has 14 heteroatoms. The molecule has 0 bridgehead atoms. The Bertz CT molecular complexity index is 1440. The zero-order chi connectivity index (χ0) is 30.0. The van der Waals surface area contributed by atoms with Crippen LogP contribution in [0.1, 0.15) is 47.1 Å². The Hall–Kier alpha value is -3.78. The number of thiazole rings is 1. The van der Waals surface area contributed by atoms with Crippen molar-refractivity contribution in [2.75, 3.05) is 43.5 Å². The smallest absolute Gasteiger partial charge is 0.419 e. The third-order valence-electron chi connectivity index (χ3n) is 7.61. The maximum Gasteiger partial charge on any atom is 0.419 e. The van der Waals surface area contributed by atoms with E-state index in [9.17, 15) is 27.9 Å². The minimum absolute atomic E-state index is 0.0506. The third kappa shape index (κ3) is 6.65. The van der Waals surface area contributed by atoms with Crippen molar-refractivity contribution in [3.05, 3.63) is 46.7 Å². The van der Waals surface area contributed by atoms with Gasteiger partial charge in [-0.3, -0.25) is 19.8 Å². The number of aromatic nitrogens is 3. The van der Waals surface area contributed by atoms with Crippen LogP contribution < -0.4 is 15.0 Å². The van der Waals surface area contributed by atoms with Gasteiger partial charge in [0.15, 0.2) is 5.13 Å². The molecule has 0 saturated carbocycles. The molecule has 3 aromatic rings. The van der Waals surface area contributed by atoms with Gasteiger partial charge in [-0.05, 0) is 49.9 Å². The second kappa shape index (κ2) is 12.2. The Morgan fingerprint density at radius 2 is 1.90 bits per heavy atom. The van der Waals surface area contributed by atoms with Crippen molar-refractivity contribution in [1.82, 2.24) is 19.9 Å². The first-order valence-corrected chi connectivity index (χ1v) is 14.4. The molecule has 0 spiro atoms. The van der Waals surface area contributed by atoms with Crippen LogP contribution in [-0.2, 0) is 17.5 Å². The summed E-state index contributed by atoms with van der Waals surface area (Å²) in [4.78, 5) is 42.3. The van der Waals surface area contributed by atoms with Crippen LogP contribution in [0.2, 0.25) is 0 Å². The van der Waals surface area contributed by atoms with Crippen molar-refractivity contribution in [2.24, 2.45) is 11.8 Å². The lowest BCUT2D eigenvalue weighted by atomic mass is 9.97. The lowest BCUT2D eigenvalue weighted by Crippen LogP contribution is -2.36. The number of ether oxygens (including phenoxy) is 1. The van der Waals surface area contributed by atoms with Crippen LogP contribution in [0.5, 0.6) is 5.75 Å². The molecule has 1 amide bonds. The molecule has 0 radical (unpaired) electrons. The van der Waals surface area contributed by atoms with Crippen LogP contribution in [-0.4, -0.2) is 70.1 Å². The van der Waals surface area contributed by atoms with E-state index in [1.807, 2.05) is 4.90 Å². The van der Waals surface area contributed by atoms with Gasteiger partial charge < -0.3 is 14.7 Å². The van der Waals surface area contributed by atoms with Crippen molar-refractivity contribution < 1.29 is 32.6 Å². The number of nitrogens with zero attached hydrogens (tertiary/aromatic N) is 5. The van der Waals surface area contributed by atoms with E-state index < -0.39 is 23.6 Å². The van der Waals surface area contributed by atoms with Crippen molar-refractivity contribution in [3.8, 4) is 17.0 Å². The average Bonchev–Trinajstić information content (AvgIpc) is 3.57. The van der Waals surface area contributed by atoms with Crippen molar-refractivity contribution in [3.63, 3.8) is 0 Å². The number of carboxylic acids is 1. The summed E-state index contributed by atoms with van der Waals surface area (Å²) in [6.07, 6.45) is 0.236. The van der Waals surface area contributed by atoms with Crippen LogP contribution >= 0.6 is 11.3 Å². The first-order valence-electron chi connectivity index (χ1n) is 13.6. The quantitative estimate of drug-likeness (QED) is 0.365. The number of amides is 1. The molecule has 1 atom stereocenters. The molecule has 2 aromatic heterocycles. The summed E-state index contributed by atoms with van der Waals surface area (Å²) in [6.45, 7) is 5.44. The van der Waals surface area contributed by atoms with Gasteiger partial charge in [-0.2, -0.15) is 13.2 Å². The van der Waals surface area contributed by atoms with Gasteiger partial charge in [-0.1, -0.05) is 18.3 Å². The molecule has 5 rings (SSSR count). The number of nitrogens with one attached hydrogen (secondary N) is 1. The highest BCUT2D eigenvalue weighted by atomic mass is 32.1. The second-order valence-electron chi connectivity index (χ2n) is 10.6. The Morgan fingerprint density at radius 3 is 2.50 bits per heavy atom. The number of halogens is 3. The van der Waals surface area contributed by atoms with Crippen molar-refractivity contribution in [1.29, 1.82) is 0 Å². The van der Waals surface area contributed by atoms with Gasteiger partial charge in [0.25, 0.3) is 5.91 Å². The monoisotopic (exact) mass is 604 g/mol. The van der Waals surface area contributed by atoms with E-state index in [2.05, 4.69) is 32.1 Å². The lowest BCUT2D eigenvalue weighted by Gasteiger charge is -2.30. The molecule has 224 valence electrons. The van der Waals surface area contributed by atoms with Gasteiger partial charge in [-0.15, -0.1) is 0 Å². The Kier molecular flexibility index (Phi) is 8.64. The second-order valence-corrected chi connectivity index (χ2v) is 11.7. The minimum atomic E-state index is -4.62. The number of carbonyl (C=O) groups is 2. The van der Waals surface area contributed by atoms with Gasteiger partial charge >= 0.3 is 12.1 Å². The SMILES string of the molecule is COc1ccc(-c2nc(NC(=O)c3cnc(N4CCC(C(=O)O)CC4)cn3)sc2CN2CC[C@@H](C)C2)cc1C(F)(F)F. The van der Waals surface area contributed by atoms with E-state index in [1.54, 1.807) is 0 Å². The van der Waals surface area contributed by atoms with Gasteiger partial charge in [0, 0.05) is 36.6 Å². The third-order valence-corrected chi connectivity index (χ3v) is 8.57. The maximum atomic E-state index is 13.8. The number of carbonyl (C=O) groups excluding carboxylic acids is 1. The summed E-state index contributed by atoms with van der Waals surface area (Å²) in [5, 5.41) is 12.2. The number of piperidine rings is 1. The Labute approximate surface area is 244 Å². The number of hydrogen-bond donors (Lipinski definition) is 2. The molecule has 4 heterocycles. The molecular formula is C28H31F3N6O4S. The van der Waals surface area contributed by atoms with E-state index >= 15 is 0 Å². The zero-order valence-corrected chi connectivity index (χ0v) is 24.0. The van der Waals surface area contributed by atoms with Crippen LogP contribution in [0.25, 0.3) is 11.3 Å². The number of carboxylic acid groups (broad SMARTS) is 1. The predicted molar refractivity (Wildman–Crippen MR) is 151 cm³/mol. The number of likely N-dealkylation sites (tertiary alicyclic amines) is 1. The largest absolute Gasteiger partial charge is 0.496 e. The number of benzene rings is 1. The molecule has 2 N–H and O–H groups in total. The molecule has 2 aliphatic heterocycles. The molecule has 10 nitrogen and oxygen atoms in total. The van der Waals surface area contributed by atoms with Gasteiger partial charge in [-0.25, -0.2) is 15.0 Å². The van der Waals surface area contributed by atoms with Crippen LogP contribution in [0.3, 0.4) is 0 Å². The zero-order valence-electron chi connectivity index (χ0n) is 23.1. The minimum Gasteiger partial charge on any atom is -0.496 e. The summed E-state index contributed by atoms with van der Waals surface area (Å²) in [5.74, 6) is -0.940. The molecule has 2 fully saturated rings. The molecule has 0 unspecified atom stereocenters. The van der Waals surface area contributed by atoms with Gasteiger partial charge in [0.05, 0.1) is 36.7 Å². The van der Waals surface area contributed by atoms with E-state index in [1.165, 1.54) is 43.0 Å². The molecule has 1 aromatic carbocycles. The number of aliphatic carboxylic acids is 1. The summed E-state index contributed by atoms with van der Waals surface area (Å²) < 4.78 is 46.2. The topological polar surface area (TPSA) is 121 Å². The van der Waals surface area contributed by atoms with E-state index in [-0.39, 0.29) is 28.1 Å². The fourth-order valence-electron chi connectivity index (χ4n) is 5.31. The fourth-order valence-corrected chi connectivity index (χ4v) is 6.33. The maximum absolute atomic E-state index is 13.8. The highest BCUT2D eigenvalue weighted by molar-refractivity contribution is 7.16. The number of rotatable bonds is 8. The van der Waals surface area contributed by atoms with E-state index in [0.717, 1.165) is 30.5 Å². The summed E-state index contributed by atoms with van der Waals surface area (Å²) >= 11 is 1.22. The highest BCUT2D eigenvalue weighted by Crippen LogP contribution is 2.41.